The molecule has 0 unspecified atom stereocenters. The maximum atomic E-state index is 12.4. The van der Waals surface area contributed by atoms with Gasteiger partial charge in [-0.2, -0.15) is 0 Å². The molecule has 2 saturated heterocycles. The molecular weight excluding hydrogens is 350 g/mol. The lowest BCUT2D eigenvalue weighted by atomic mass is 10.1. The molecule has 0 spiro atoms. The number of carbonyl (C=O) groups excluding carboxylic acids is 2. The molecule has 2 aliphatic heterocycles. The maximum absolute atomic E-state index is 12.4. The zero-order valence-electron chi connectivity index (χ0n) is 15.7. The molecule has 0 saturated carbocycles. The second-order valence-corrected chi connectivity index (χ2v) is 6.68. The first-order chi connectivity index (χ1) is 13.2. The van der Waals surface area contributed by atoms with Crippen LogP contribution < -0.4 is 10.1 Å². The van der Waals surface area contributed by atoms with E-state index < -0.39 is 0 Å². The summed E-state index contributed by atoms with van der Waals surface area (Å²) in [6.07, 6.45) is 2.02. The molecule has 2 fully saturated rings. The van der Waals surface area contributed by atoms with Gasteiger partial charge in [-0.3, -0.25) is 4.79 Å². The predicted molar refractivity (Wildman–Crippen MR) is 100.0 cm³/mol. The smallest absolute Gasteiger partial charge is 0.321 e. The van der Waals surface area contributed by atoms with Crippen LogP contribution in [0.3, 0.4) is 0 Å². The average molecular weight is 377 g/mol. The monoisotopic (exact) mass is 377 g/mol. The number of rotatable bonds is 5. The molecule has 0 radical (unpaired) electrons. The highest BCUT2D eigenvalue weighted by molar-refractivity contribution is 5.89. The first-order valence-corrected chi connectivity index (χ1v) is 9.33. The number of benzene rings is 1. The molecule has 0 bridgehead atoms. The number of morpholine rings is 1. The van der Waals surface area contributed by atoms with Gasteiger partial charge in [0, 0.05) is 39.0 Å². The third-order valence-corrected chi connectivity index (χ3v) is 4.83. The lowest BCUT2D eigenvalue weighted by Gasteiger charge is -2.31. The highest BCUT2D eigenvalue weighted by Crippen LogP contribution is 2.18. The number of likely N-dealkylation sites (tertiary alicyclic amines) is 1. The van der Waals surface area contributed by atoms with E-state index in [1.807, 2.05) is 0 Å². The van der Waals surface area contributed by atoms with Crippen molar-refractivity contribution in [3.63, 3.8) is 0 Å². The number of amides is 3. The number of hydrogen-bond acceptors (Lipinski definition) is 5. The molecule has 2 aliphatic rings. The summed E-state index contributed by atoms with van der Waals surface area (Å²) < 4.78 is 16.1. The van der Waals surface area contributed by atoms with E-state index in [0.29, 0.717) is 44.3 Å². The maximum Gasteiger partial charge on any atom is 0.321 e. The van der Waals surface area contributed by atoms with Crippen LogP contribution in [0.25, 0.3) is 0 Å². The topological polar surface area (TPSA) is 80.3 Å². The minimum atomic E-state index is -0.132. The molecule has 3 rings (SSSR count). The summed E-state index contributed by atoms with van der Waals surface area (Å²) in [6.45, 7) is 3.69. The number of nitrogens with zero attached hydrogens (tertiary/aromatic N) is 2. The van der Waals surface area contributed by atoms with Crippen LogP contribution in [-0.2, 0) is 14.3 Å². The van der Waals surface area contributed by atoms with E-state index in [1.54, 1.807) is 41.2 Å². The van der Waals surface area contributed by atoms with Crippen LogP contribution in [0.2, 0.25) is 0 Å². The molecule has 8 heteroatoms. The van der Waals surface area contributed by atoms with Gasteiger partial charge >= 0.3 is 6.03 Å². The quantitative estimate of drug-likeness (QED) is 0.842. The average Bonchev–Trinajstić information content (AvgIpc) is 2.73. The van der Waals surface area contributed by atoms with E-state index >= 15 is 0 Å². The molecule has 27 heavy (non-hydrogen) atoms. The van der Waals surface area contributed by atoms with Gasteiger partial charge in [0.05, 0.1) is 19.3 Å². The van der Waals surface area contributed by atoms with Gasteiger partial charge in [0.15, 0.2) is 6.61 Å². The van der Waals surface area contributed by atoms with Crippen LogP contribution in [0.5, 0.6) is 5.75 Å². The minimum absolute atomic E-state index is 0.00209. The fraction of sp³-hybridized carbons (Fsp3) is 0.579. The van der Waals surface area contributed by atoms with Gasteiger partial charge in [-0.05, 0) is 37.1 Å². The summed E-state index contributed by atoms with van der Waals surface area (Å²) in [7, 11) is 1.68. The number of nitrogens with one attached hydrogen (secondary N) is 1. The van der Waals surface area contributed by atoms with Gasteiger partial charge < -0.3 is 29.3 Å². The fourth-order valence-electron chi connectivity index (χ4n) is 3.20. The van der Waals surface area contributed by atoms with E-state index in [0.717, 1.165) is 19.4 Å². The van der Waals surface area contributed by atoms with Crippen LogP contribution in [0.1, 0.15) is 12.8 Å². The summed E-state index contributed by atoms with van der Waals surface area (Å²) in [6, 6.07) is 6.90. The fourth-order valence-corrected chi connectivity index (χ4v) is 3.20. The van der Waals surface area contributed by atoms with Crippen LogP contribution >= 0.6 is 0 Å². The molecule has 0 aromatic heterocycles. The summed E-state index contributed by atoms with van der Waals surface area (Å²) in [5.41, 5.74) is 0.686. The Balaban J connectivity index is 1.45. The Morgan fingerprint density at radius 3 is 2.59 bits per heavy atom. The molecule has 2 heterocycles. The Labute approximate surface area is 159 Å². The predicted octanol–water partition coefficient (Wildman–Crippen LogP) is 1.57. The minimum Gasteiger partial charge on any atom is -0.484 e. The SMILES string of the molecule is CO[C@@H]1CCCN(C(=O)Nc2ccc(OCC(=O)N3CCOCC3)cc2)C1. The summed E-state index contributed by atoms with van der Waals surface area (Å²) >= 11 is 0. The molecule has 3 amide bonds. The highest BCUT2D eigenvalue weighted by atomic mass is 16.5. The summed E-state index contributed by atoms with van der Waals surface area (Å²) in [5, 5.41) is 2.89. The summed E-state index contributed by atoms with van der Waals surface area (Å²) in [5.74, 6) is 0.542. The van der Waals surface area contributed by atoms with Gasteiger partial charge in [0.1, 0.15) is 5.75 Å². The zero-order valence-corrected chi connectivity index (χ0v) is 15.7. The molecule has 1 aromatic carbocycles. The standard InChI is InChI=1S/C19H27N3O5/c1-25-17-3-2-8-22(13-17)19(24)20-15-4-6-16(7-5-15)27-14-18(23)21-9-11-26-12-10-21/h4-7,17H,2-3,8-14H2,1H3,(H,20,24)/t17-/m1/s1. The highest BCUT2D eigenvalue weighted by Gasteiger charge is 2.23. The van der Waals surface area contributed by atoms with E-state index in [9.17, 15) is 9.59 Å². The Kier molecular flexibility index (Phi) is 6.89. The van der Waals surface area contributed by atoms with Crippen molar-refractivity contribution in [3.05, 3.63) is 24.3 Å². The van der Waals surface area contributed by atoms with Crippen molar-refractivity contribution in [1.82, 2.24) is 9.80 Å². The van der Waals surface area contributed by atoms with Gasteiger partial charge in [-0.25, -0.2) is 4.79 Å². The second-order valence-electron chi connectivity index (χ2n) is 6.68. The number of urea groups is 1. The third-order valence-electron chi connectivity index (χ3n) is 4.83. The normalized spacial score (nSPS) is 20.3. The second kappa shape index (κ2) is 9.57. The van der Waals surface area contributed by atoms with Gasteiger partial charge in [-0.1, -0.05) is 0 Å². The van der Waals surface area contributed by atoms with Gasteiger partial charge in [0.2, 0.25) is 0 Å². The molecule has 8 nitrogen and oxygen atoms in total. The Morgan fingerprint density at radius 1 is 1.15 bits per heavy atom. The van der Waals surface area contributed by atoms with Crippen molar-refractivity contribution < 1.29 is 23.8 Å². The van der Waals surface area contributed by atoms with Crippen LogP contribution in [-0.4, -0.2) is 81.0 Å². The number of hydrogen-bond donors (Lipinski definition) is 1. The van der Waals surface area contributed by atoms with Crippen molar-refractivity contribution in [2.75, 3.05) is 58.4 Å². The van der Waals surface area contributed by atoms with Gasteiger partial charge in [0.25, 0.3) is 5.91 Å². The Bertz CT molecular complexity index is 631. The van der Waals surface area contributed by atoms with Crippen molar-refractivity contribution >= 4 is 17.6 Å². The Morgan fingerprint density at radius 2 is 1.89 bits per heavy atom. The van der Waals surface area contributed by atoms with Crippen molar-refractivity contribution in [2.45, 2.75) is 18.9 Å². The molecule has 1 atom stereocenters. The lowest BCUT2D eigenvalue weighted by Crippen LogP contribution is -2.44. The van der Waals surface area contributed by atoms with Crippen molar-refractivity contribution in [2.24, 2.45) is 0 Å². The Hall–Kier alpha value is -2.32. The van der Waals surface area contributed by atoms with E-state index in [1.165, 1.54) is 0 Å². The number of methoxy groups -OCH3 is 1. The van der Waals surface area contributed by atoms with Crippen LogP contribution in [0, 0.1) is 0 Å². The number of carbonyl (C=O) groups is 2. The van der Waals surface area contributed by atoms with Crippen LogP contribution in [0.15, 0.2) is 24.3 Å². The largest absolute Gasteiger partial charge is 0.484 e. The number of anilines is 1. The van der Waals surface area contributed by atoms with E-state index in [-0.39, 0.29) is 24.6 Å². The molecular formula is C19H27N3O5. The number of piperidine rings is 1. The molecule has 1 aromatic rings. The molecule has 0 aliphatic carbocycles. The lowest BCUT2D eigenvalue weighted by molar-refractivity contribution is -0.137. The third kappa shape index (κ3) is 5.58. The number of ether oxygens (including phenoxy) is 3. The first kappa shape index (κ1) is 19.4. The molecule has 1 N–H and O–H groups in total. The van der Waals surface area contributed by atoms with E-state index in [4.69, 9.17) is 14.2 Å². The summed E-state index contributed by atoms with van der Waals surface area (Å²) in [4.78, 5) is 28.0. The van der Waals surface area contributed by atoms with Crippen LogP contribution in [0.4, 0.5) is 10.5 Å². The van der Waals surface area contributed by atoms with Gasteiger partial charge in [-0.15, -0.1) is 0 Å². The molecule has 148 valence electrons. The van der Waals surface area contributed by atoms with Crippen molar-refractivity contribution in [3.8, 4) is 5.75 Å². The van der Waals surface area contributed by atoms with Crippen molar-refractivity contribution in [1.29, 1.82) is 0 Å². The first-order valence-electron chi connectivity index (χ1n) is 9.33. The zero-order chi connectivity index (χ0) is 19.1. The van der Waals surface area contributed by atoms with E-state index in [2.05, 4.69) is 5.32 Å².